The van der Waals surface area contributed by atoms with Crippen molar-refractivity contribution < 1.29 is 23.5 Å². The molecule has 4 rings (SSSR count). The highest BCUT2D eigenvalue weighted by atomic mass is 32.2. The third kappa shape index (κ3) is 6.42. The number of thioether (sulfide) groups is 1. The summed E-state index contributed by atoms with van der Waals surface area (Å²) >= 11 is 1.21. The number of amides is 2. The zero-order valence-corrected chi connectivity index (χ0v) is 20.8. The first kappa shape index (κ1) is 25.2. The number of anilines is 1. The SMILES string of the molecule is CCOc1ccc(NC(=O)[C@H]2CC(=O)N(Cc3ccc(OC)cc3)C(=Nc3ccc(F)cc3)S2)cc1. The lowest BCUT2D eigenvalue weighted by Crippen LogP contribution is -2.44. The Labute approximate surface area is 213 Å². The van der Waals surface area contributed by atoms with Crippen LogP contribution < -0.4 is 14.8 Å². The summed E-state index contributed by atoms with van der Waals surface area (Å²) in [6.45, 7) is 2.73. The van der Waals surface area contributed by atoms with Crippen LogP contribution in [0.2, 0.25) is 0 Å². The van der Waals surface area contributed by atoms with Crippen LogP contribution in [0.3, 0.4) is 0 Å². The van der Waals surface area contributed by atoms with Crippen molar-refractivity contribution >= 4 is 40.1 Å². The Morgan fingerprint density at radius 2 is 1.72 bits per heavy atom. The van der Waals surface area contributed by atoms with Gasteiger partial charge >= 0.3 is 0 Å². The average molecular weight is 508 g/mol. The van der Waals surface area contributed by atoms with E-state index in [9.17, 15) is 14.0 Å². The number of carbonyl (C=O) groups excluding carboxylic acids is 2. The van der Waals surface area contributed by atoms with E-state index in [-0.39, 0.29) is 30.6 Å². The number of ether oxygens (including phenoxy) is 2. The Balaban J connectivity index is 1.55. The van der Waals surface area contributed by atoms with E-state index < -0.39 is 5.25 Å². The highest BCUT2D eigenvalue weighted by molar-refractivity contribution is 8.15. The molecule has 9 heteroatoms. The van der Waals surface area contributed by atoms with E-state index in [0.717, 1.165) is 5.56 Å². The summed E-state index contributed by atoms with van der Waals surface area (Å²) < 4.78 is 24.0. The fraction of sp³-hybridized carbons (Fsp3) is 0.222. The smallest absolute Gasteiger partial charge is 0.238 e. The van der Waals surface area contributed by atoms with E-state index >= 15 is 0 Å². The second-order valence-electron chi connectivity index (χ2n) is 7.96. The van der Waals surface area contributed by atoms with Crippen LogP contribution in [0.1, 0.15) is 18.9 Å². The molecule has 3 aromatic rings. The number of benzene rings is 3. The van der Waals surface area contributed by atoms with Gasteiger partial charge in [0.2, 0.25) is 11.8 Å². The van der Waals surface area contributed by atoms with Gasteiger partial charge in [0.25, 0.3) is 0 Å². The summed E-state index contributed by atoms with van der Waals surface area (Å²) in [5.41, 5.74) is 1.97. The first-order valence-electron chi connectivity index (χ1n) is 11.4. The summed E-state index contributed by atoms with van der Waals surface area (Å²) in [7, 11) is 1.59. The monoisotopic (exact) mass is 507 g/mol. The van der Waals surface area contributed by atoms with Crippen molar-refractivity contribution in [2.75, 3.05) is 19.0 Å². The second kappa shape index (κ2) is 11.7. The summed E-state index contributed by atoms with van der Waals surface area (Å²) in [4.78, 5) is 32.4. The molecule has 0 radical (unpaired) electrons. The zero-order chi connectivity index (χ0) is 25.5. The molecule has 1 heterocycles. The lowest BCUT2D eigenvalue weighted by molar-refractivity contribution is -0.129. The maximum absolute atomic E-state index is 13.4. The van der Waals surface area contributed by atoms with Crippen molar-refractivity contribution in [3.8, 4) is 11.5 Å². The minimum Gasteiger partial charge on any atom is -0.497 e. The number of hydrogen-bond acceptors (Lipinski definition) is 6. The fourth-order valence-electron chi connectivity index (χ4n) is 3.56. The van der Waals surface area contributed by atoms with E-state index in [0.29, 0.717) is 34.6 Å². The molecule has 0 bridgehead atoms. The van der Waals surface area contributed by atoms with Crippen LogP contribution in [-0.2, 0) is 16.1 Å². The summed E-state index contributed by atoms with van der Waals surface area (Å²) in [6.07, 6.45) is 0.0200. The second-order valence-corrected chi connectivity index (χ2v) is 9.13. The average Bonchev–Trinajstić information content (AvgIpc) is 2.89. The molecule has 36 heavy (non-hydrogen) atoms. The number of nitrogens with one attached hydrogen (secondary N) is 1. The Morgan fingerprint density at radius 3 is 2.36 bits per heavy atom. The number of amidine groups is 1. The Morgan fingerprint density at radius 1 is 1.06 bits per heavy atom. The first-order valence-corrected chi connectivity index (χ1v) is 12.3. The van der Waals surface area contributed by atoms with E-state index in [4.69, 9.17) is 9.47 Å². The lowest BCUT2D eigenvalue weighted by atomic mass is 10.2. The Kier molecular flexibility index (Phi) is 8.22. The summed E-state index contributed by atoms with van der Waals surface area (Å²) in [6, 6.07) is 20.1. The molecule has 2 amide bonds. The first-order chi connectivity index (χ1) is 17.4. The highest BCUT2D eigenvalue weighted by Gasteiger charge is 2.36. The zero-order valence-electron chi connectivity index (χ0n) is 19.9. The molecule has 0 unspecified atom stereocenters. The van der Waals surface area contributed by atoms with Gasteiger partial charge in [0.15, 0.2) is 5.17 Å². The van der Waals surface area contributed by atoms with Gasteiger partial charge in [-0.1, -0.05) is 23.9 Å². The third-order valence-electron chi connectivity index (χ3n) is 5.42. The van der Waals surface area contributed by atoms with Crippen LogP contribution in [0.15, 0.2) is 77.8 Å². The van der Waals surface area contributed by atoms with Crippen molar-refractivity contribution in [2.24, 2.45) is 4.99 Å². The molecule has 0 saturated carbocycles. The Hall–Kier alpha value is -3.85. The highest BCUT2D eigenvalue weighted by Crippen LogP contribution is 2.31. The van der Waals surface area contributed by atoms with E-state index in [2.05, 4.69) is 10.3 Å². The quantitative estimate of drug-likeness (QED) is 0.442. The standard InChI is InChI=1S/C27H26FN3O4S/c1-3-35-23-14-10-20(11-15-23)29-26(33)24-16-25(32)31(17-18-4-12-22(34-2)13-5-18)27(36-24)30-21-8-6-19(28)7-9-21/h4-15,24H,3,16-17H2,1-2H3,(H,29,33)/t24-/m1/s1. The number of rotatable bonds is 8. The van der Waals surface area contributed by atoms with Crippen LogP contribution in [0.4, 0.5) is 15.8 Å². The van der Waals surface area contributed by atoms with E-state index in [1.54, 1.807) is 36.3 Å². The molecule has 0 aliphatic carbocycles. The van der Waals surface area contributed by atoms with Gasteiger partial charge in [-0.2, -0.15) is 0 Å². The van der Waals surface area contributed by atoms with Crippen molar-refractivity contribution in [3.05, 3.63) is 84.2 Å². The molecule has 7 nitrogen and oxygen atoms in total. The fourth-order valence-corrected chi connectivity index (χ4v) is 4.66. The van der Waals surface area contributed by atoms with Gasteiger partial charge in [0.1, 0.15) is 22.6 Å². The van der Waals surface area contributed by atoms with Crippen molar-refractivity contribution in [2.45, 2.75) is 25.1 Å². The molecule has 1 saturated heterocycles. The topological polar surface area (TPSA) is 80.2 Å². The number of nitrogens with zero attached hydrogens (tertiary/aromatic N) is 2. The summed E-state index contributed by atoms with van der Waals surface area (Å²) in [5, 5.41) is 2.57. The molecule has 1 aliphatic heterocycles. The lowest BCUT2D eigenvalue weighted by Gasteiger charge is -2.32. The van der Waals surface area contributed by atoms with Gasteiger partial charge in [-0.25, -0.2) is 9.38 Å². The minimum absolute atomic E-state index is 0.0200. The molecule has 186 valence electrons. The molecule has 0 aromatic heterocycles. The molecule has 1 atom stereocenters. The number of carbonyl (C=O) groups is 2. The predicted molar refractivity (Wildman–Crippen MR) is 139 cm³/mol. The third-order valence-corrected chi connectivity index (χ3v) is 6.60. The molecule has 1 aliphatic rings. The molecule has 1 N–H and O–H groups in total. The molecule has 1 fully saturated rings. The molecular weight excluding hydrogens is 481 g/mol. The van der Waals surface area contributed by atoms with Crippen LogP contribution in [0, 0.1) is 5.82 Å². The maximum atomic E-state index is 13.4. The van der Waals surface area contributed by atoms with E-state index in [1.165, 1.54) is 36.0 Å². The molecular formula is C27H26FN3O4S. The van der Waals surface area contributed by atoms with Crippen LogP contribution in [-0.4, -0.2) is 40.8 Å². The van der Waals surface area contributed by atoms with Gasteiger partial charge in [-0.3, -0.25) is 14.5 Å². The number of hydrogen-bond donors (Lipinski definition) is 1. The molecule has 0 spiro atoms. The number of halogens is 1. The van der Waals surface area contributed by atoms with Crippen LogP contribution in [0.5, 0.6) is 11.5 Å². The maximum Gasteiger partial charge on any atom is 0.238 e. The largest absolute Gasteiger partial charge is 0.497 e. The predicted octanol–water partition coefficient (Wildman–Crippen LogP) is 5.39. The Bertz CT molecular complexity index is 1230. The number of methoxy groups -OCH3 is 1. The van der Waals surface area contributed by atoms with Gasteiger partial charge in [0.05, 0.1) is 25.9 Å². The van der Waals surface area contributed by atoms with Gasteiger partial charge in [-0.15, -0.1) is 0 Å². The normalized spacial score (nSPS) is 16.6. The van der Waals surface area contributed by atoms with E-state index in [1.807, 2.05) is 31.2 Å². The van der Waals surface area contributed by atoms with Gasteiger partial charge in [0, 0.05) is 12.1 Å². The van der Waals surface area contributed by atoms with Crippen molar-refractivity contribution in [1.29, 1.82) is 0 Å². The van der Waals surface area contributed by atoms with Gasteiger partial charge < -0.3 is 14.8 Å². The summed E-state index contributed by atoms with van der Waals surface area (Å²) in [5.74, 6) is 0.518. The number of aliphatic imine (C=N–C) groups is 1. The minimum atomic E-state index is -0.671. The van der Waals surface area contributed by atoms with Gasteiger partial charge in [-0.05, 0) is 73.2 Å². The van der Waals surface area contributed by atoms with Crippen molar-refractivity contribution in [3.63, 3.8) is 0 Å². The van der Waals surface area contributed by atoms with Crippen LogP contribution in [0.25, 0.3) is 0 Å². The molecule has 3 aromatic carbocycles. The van der Waals surface area contributed by atoms with Crippen molar-refractivity contribution in [1.82, 2.24) is 4.90 Å². The van der Waals surface area contributed by atoms with Crippen LogP contribution >= 0.6 is 11.8 Å².